The summed E-state index contributed by atoms with van der Waals surface area (Å²) in [5, 5.41) is 20.5. The molecular weight excluding hydrogens is 286 g/mol. The monoisotopic (exact) mass is 309 g/mol. The number of nitrogens with zero attached hydrogens (tertiary/aromatic N) is 1. The summed E-state index contributed by atoms with van der Waals surface area (Å²) in [4.78, 5) is 13.3. The maximum Gasteiger partial charge on any atom is 0.185 e. The van der Waals surface area contributed by atoms with Gasteiger partial charge in [-0.05, 0) is 25.3 Å². The van der Waals surface area contributed by atoms with Gasteiger partial charge in [0.15, 0.2) is 5.12 Å². The third-order valence-electron chi connectivity index (χ3n) is 3.77. The summed E-state index contributed by atoms with van der Waals surface area (Å²) in [6, 6.07) is 7.68. The molecule has 1 aromatic rings. The van der Waals surface area contributed by atoms with Crippen LogP contribution in [0.4, 0.5) is 5.69 Å². The minimum absolute atomic E-state index is 0.0504. The van der Waals surface area contributed by atoms with E-state index in [1.807, 2.05) is 24.3 Å². The van der Waals surface area contributed by atoms with Crippen LogP contribution in [0.2, 0.25) is 0 Å². The number of para-hydroxylation sites is 1. The van der Waals surface area contributed by atoms with E-state index in [0.717, 1.165) is 48.9 Å². The third-order valence-corrected chi connectivity index (χ3v) is 4.69. The molecule has 1 aliphatic heterocycles. The molecule has 2 atom stereocenters. The highest BCUT2D eigenvalue weighted by Gasteiger charge is 2.24. The van der Waals surface area contributed by atoms with E-state index < -0.39 is 12.2 Å². The number of rotatable bonds is 5. The Hall–Kier alpha value is -1.04. The topological polar surface area (TPSA) is 60.8 Å². The summed E-state index contributed by atoms with van der Waals surface area (Å²) < 4.78 is 0. The summed E-state index contributed by atoms with van der Waals surface area (Å²) in [5.41, 5.74) is 1.74. The lowest BCUT2D eigenvalue weighted by Crippen LogP contribution is -2.31. The average Bonchev–Trinajstić information content (AvgIpc) is 2.52. The normalized spacial score (nSPS) is 18.3. The van der Waals surface area contributed by atoms with Gasteiger partial charge in [0.2, 0.25) is 0 Å². The first kappa shape index (κ1) is 16.3. The van der Waals surface area contributed by atoms with Crippen LogP contribution in [0.5, 0.6) is 0 Å². The minimum Gasteiger partial charge on any atom is -0.389 e. The molecule has 2 rings (SSSR count). The van der Waals surface area contributed by atoms with Gasteiger partial charge in [-0.15, -0.1) is 0 Å². The molecule has 4 nitrogen and oxygen atoms in total. The number of thioether (sulfide) groups is 1. The van der Waals surface area contributed by atoms with Gasteiger partial charge in [0.1, 0.15) is 6.10 Å². The maximum absolute atomic E-state index is 11.0. The summed E-state index contributed by atoms with van der Waals surface area (Å²) in [5.74, 6) is 0.213. The Balaban J connectivity index is 2.12. The van der Waals surface area contributed by atoms with Gasteiger partial charge >= 0.3 is 0 Å². The Bertz CT molecular complexity index is 474. The Morgan fingerprint density at radius 1 is 1.24 bits per heavy atom. The van der Waals surface area contributed by atoms with Gasteiger partial charge in [-0.2, -0.15) is 0 Å². The number of aliphatic hydroxyl groups excluding tert-OH is 2. The smallest absolute Gasteiger partial charge is 0.185 e. The van der Waals surface area contributed by atoms with Crippen molar-refractivity contribution in [2.75, 3.05) is 23.7 Å². The number of benzene rings is 1. The standard InChI is InChI=1S/C16H23NO3S/c1-12(18)21-11-15(19)16(20)13-7-3-4-8-14(13)17-9-5-2-6-10-17/h3-4,7-8,15-16,19-20H,2,5-6,9-11H2,1H3. The largest absolute Gasteiger partial charge is 0.389 e. The van der Waals surface area contributed by atoms with Crippen LogP contribution < -0.4 is 4.90 Å². The van der Waals surface area contributed by atoms with Crippen molar-refractivity contribution in [2.45, 2.75) is 38.4 Å². The lowest BCUT2D eigenvalue weighted by atomic mass is 10.0. The predicted octanol–water partition coefficient (Wildman–Crippen LogP) is 2.35. The number of piperidine rings is 1. The second-order valence-electron chi connectivity index (χ2n) is 5.42. The quantitative estimate of drug-likeness (QED) is 0.874. The van der Waals surface area contributed by atoms with Gasteiger partial charge in [-0.1, -0.05) is 30.0 Å². The lowest BCUT2D eigenvalue weighted by Gasteiger charge is -2.32. The van der Waals surface area contributed by atoms with Crippen LogP contribution in [-0.4, -0.2) is 40.3 Å². The van der Waals surface area contributed by atoms with Gasteiger partial charge in [0.25, 0.3) is 0 Å². The van der Waals surface area contributed by atoms with Gasteiger partial charge in [-0.3, -0.25) is 4.79 Å². The number of aliphatic hydroxyl groups is 2. The average molecular weight is 309 g/mol. The second kappa shape index (κ2) is 7.82. The van der Waals surface area contributed by atoms with E-state index in [-0.39, 0.29) is 10.9 Å². The molecule has 116 valence electrons. The molecule has 2 N–H and O–H groups in total. The molecular formula is C16H23NO3S. The molecule has 1 aliphatic rings. The maximum atomic E-state index is 11.0. The Morgan fingerprint density at radius 2 is 1.90 bits per heavy atom. The van der Waals surface area contributed by atoms with E-state index in [1.165, 1.54) is 13.3 Å². The zero-order valence-corrected chi connectivity index (χ0v) is 13.2. The zero-order valence-electron chi connectivity index (χ0n) is 12.4. The summed E-state index contributed by atoms with van der Waals surface area (Å²) in [6.45, 7) is 3.44. The highest BCUT2D eigenvalue weighted by molar-refractivity contribution is 8.13. The molecule has 0 aromatic heterocycles. The van der Waals surface area contributed by atoms with E-state index in [9.17, 15) is 15.0 Å². The molecule has 1 saturated heterocycles. The molecule has 0 radical (unpaired) electrons. The van der Waals surface area contributed by atoms with E-state index in [0.29, 0.717) is 0 Å². The summed E-state index contributed by atoms with van der Waals surface area (Å²) in [7, 11) is 0. The predicted molar refractivity (Wildman–Crippen MR) is 86.6 cm³/mol. The summed E-state index contributed by atoms with van der Waals surface area (Å²) in [6.07, 6.45) is 1.67. The first-order valence-electron chi connectivity index (χ1n) is 7.43. The summed E-state index contributed by atoms with van der Waals surface area (Å²) >= 11 is 1.04. The van der Waals surface area contributed by atoms with E-state index >= 15 is 0 Å². The van der Waals surface area contributed by atoms with Crippen molar-refractivity contribution in [3.05, 3.63) is 29.8 Å². The van der Waals surface area contributed by atoms with Crippen LogP contribution in [0.3, 0.4) is 0 Å². The van der Waals surface area contributed by atoms with Gasteiger partial charge < -0.3 is 15.1 Å². The molecule has 1 aromatic carbocycles. The van der Waals surface area contributed by atoms with Gasteiger partial charge in [0.05, 0.1) is 6.10 Å². The molecule has 0 aliphatic carbocycles. The molecule has 5 heteroatoms. The van der Waals surface area contributed by atoms with Crippen molar-refractivity contribution < 1.29 is 15.0 Å². The van der Waals surface area contributed by atoms with Crippen molar-refractivity contribution in [2.24, 2.45) is 0 Å². The minimum atomic E-state index is -0.963. The second-order valence-corrected chi connectivity index (χ2v) is 6.62. The Labute approximate surface area is 130 Å². The zero-order chi connectivity index (χ0) is 15.2. The molecule has 0 amide bonds. The fourth-order valence-corrected chi connectivity index (χ4v) is 3.25. The molecule has 1 heterocycles. The van der Waals surface area contributed by atoms with Crippen molar-refractivity contribution >= 4 is 22.6 Å². The van der Waals surface area contributed by atoms with E-state index in [2.05, 4.69) is 4.90 Å². The molecule has 21 heavy (non-hydrogen) atoms. The number of carbonyl (C=O) groups is 1. The molecule has 2 unspecified atom stereocenters. The van der Waals surface area contributed by atoms with Crippen LogP contribution in [-0.2, 0) is 4.79 Å². The van der Waals surface area contributed by atoms with Crippen LogP contribution in [0.15, 0.2) is 24.3 Å². The Kier molecular flexibility index (Phi) is 6.08. The van der Waals surface area contributed by atoms with Crippen molar-refractivity contribution in [3.63, 3.8) is 0 Å². The van der Waals surface area contributed by atoms with Crippen molar-refractivity contribution in [1.82, 2.24) is 0 Å². The number of carbonyl (C=O) groups excluding carboxylic acids is 1. The van der Waals surface area contributed by atoms with E-state index in [4.69, 9.17) is 0 Å². The van der Waals surface area contributed by atoms with Gasteiger partial charge in [0, 0.05) is 37.0 Å². The van der Waals surface area contributed by atoms with E-state index in [1.54, 1.807) is 0 Å². The molecule has 0 saturated carbocycles. The fraction of sp³-hybridized carbons (Fsp3) is 0.562. The molecule has 0 bridgehead atoms. The molecule has 1 fully saturated rings. The van der Waals surface area contributed by atoms with Crippen LogP contribution in [0.25, 0.3) is 0 Å². The number of anilines is 1. The SMILES string of the molecule is CC(=O)SCC(O)C(O)c1ccccc1N1CCCCC1. The fourth-order valence-electron chi connectivity index (χ4n) is 2.66. The number of hydrogen-bond donors (Lipinski definition) is 2. The Morgan fingerprint density at radius 3 is 2.57 bits per heavy atom. The third kappa shape index (κ3) is 4.46. The highest BCUT2D eigenvalue weighted by atomic mass is 32.2. The molecule has 0 spiro atoms. The van der Waals surface area contributed by atoms with Crippen molar-refractivity contribution in [3.8, 4) is 0 Å². The van der Waals surface area contributed by atoms with Crippen molar-refractivity contribution in [1.29, 1.82) is 0 Å². The van der Waals surface area contributed by atoms with Gasteiger partial charge in [-0.25, -0.2) is 0 Å². The highest BCUT2D eigenvalue weighted by Crippen LogP contribution is 2.31. The van der Waals surface area contributed by atoms with Crippen LogP contribution in [0, 0.1) is 0 Å². The van der Waals surface area contributed by atoms with Crippen LogP contribution >= 0.6 is 11.8 Å². The first-order valence-corrected chi connectivity index (χ1v) is 8.41. The van der Waals surface area contributed by atoms with Crippen LogP contribution in [0.1, 0.15) is 37.9 Å². The lowest BCUT2D eigenvalue weighted by molar-refractivity contribution is -0.109. The number of hydrogen-bond acceptors (Lipinski definition) is 5. The first-order chi connectivity index (χ1) is 10.1.